The number of nitrogens with zero attached hydrogens (tertiary/aromatic N) is 3. The molecule has 0 N–H and O–H groups in total. The SMILES string of the molecule is Cc1cc(C)n(-c2ccc(Br)c(C)n2)n1. The van der Waals surface area contributed by atoms with Crippen molar-refractivity contribution in [2.45, 2.75) is 20.8 Å². The molecule has 3 nitrogen and oxygen atoms in total. The van der Waals surface area contributed by atoms with Crippen LogP contribution in [-0.2, 0) is 0 Å². The molecular formula is C11H12BrN3. The second-order valence-corrected chi connectivity index (χ2v) is 4.43. The predicted molar refractivity (Wildman–Crippen MR) is 63.3 cm³/mol. The summed E-state index contributed by atoms with van der Waals surface area (Å²) in [7, 11) is 0. The lowest BCUT2D eigenvalue weighted by molar-refractivity contribution is 0.800. The maximum Gasteiger partial charge on any atom is 0.153 e. The summed E-state index contributed by atoms with van der Waals surface area (Å²) in [6.07, 6.45) is 0. The van der Waals surface area contributed by atoms with Gasteiger partial charge in [0.2, 0.25) is 0 Å². The van der Waals surface area contributed by atoms with E-state index in [9.17, 15) is 0 Å². The van der Waals surface area contributed by atoms with Gasteiger partial charge in [0.15, 0.2) is 5.82 Å². The van der Waals surface area contributed by atoms with Crippen molar-refractivity contribution in [3.63, 3.8) is 0 Å². The average Bonchev–Trinajstić information content (AvgIpc) is 2.50. The molecule has 0 aromatic carbocycles. The summed E-state index contributed by atoms with van der Waals surface area (Å²) in [6.45, 7) is 5.98. The van der Waals surface area contributed by atoms with Crippen molar-refractivity contribution in [1.82, 2.24) is 14.8 Å². The third-order valence-electron chi connectivity index (χ3n) is 2.23. The molecule has 4 heteroatoms. The van der Waals surface area contributed by atoms with Crippen LogP contribution in [0.15, 0.2) is 22.7 Å². The second kappa shape index (κ2) is 3.77. The lowest BCUT2D eigenvalue weighted by Crippen LogP contribution is -2.02. The first kappa shape index (κ1) is 10.4. The predicted octanol–water partition coefficient (Wildman–Crippen LogP) is 2.96. The number of pyridine rings is 1. The molecule has 0 saturated carbocycles. The molecule has 2 aromatic rings. The first-order chi connectivity index (χ1) is 7.08. The molecule has 0 aliphatic heterocycles. The van der Waals surface area contributed by atoms with Crippen LogP contribution in [0.3, 0.4) is 0 Å². The third kappa shape index (κ3) is 1.95. The van der Waals surface area contributed by atoms with E-state index in [0.29, 0.717) is 0 Å². The standard InChI is InChI=1S/C11H12BrN3/c1-7-6-8(2)15(14-7)11-5-4-10(12)9(3)13-11/h4-6H,1-3H3. The van der Waals surface area contributed by atoms with Crippen LogP contribution in [0.2, 0.25) is 0 Å². The molecule has 0 aliphatic carbocycles. The van der Waals surface area contributed by atoms with Crippen LogP contribution < -0.4 is 0 Å². The number of hydrogen-bond donors (Lipinski definition) is 0. The minimum Gasteiger partial charge on any atom is -0.233 e. The molecule has 0 amide bonds. The van der Waals surface area contributed by atoms with Gasteiger partial charge in [0, 0.05) is 10.2 Å². The molecule has 0 atom stereocenters. The fraction of sp³-hybridized carbons (Fsp3) is 0.273. The van der Waals surface area contributed by atoms with Crippen molar-refractivity contribution in [3.05, 3.63) is 39.8 Å². The number of rotatable bonds is 1. The van der Waals surface area contributed by atoms with Crippen LogP contribution in [-0.4, -0.2) is 14.8 Å². The van der Waals surface area contributed by atoms with Crippen LogP contribution in [0.4, 0.5) is 0 Å². The lowest BCUT2D eigenvalue weighted by Gasteiger charge is -2.05. The molecule has 2 rings (SSSR count). The zero-order valence-corrected chi connectivity index (χ0v) is 10.5. The maximum absolute atomic E-state index is 4.47. The van der Waals surface area contributed by atoms with Crippen molar-refractivity contribution >= 4 is 15.9 Å². The van der Waals surface area contributed by atoms with Gasteiger partial charge in [0.05, 0.1) is 11.4 Å². The van der Waals surface area contributed by atoms with E-state index in [1.165, 1.54) is 0 Å². The molecule has 0 unspecified atom stereocenters. The Morgan fingerprint density at radius 2 is 1.93 bits per heavy atom. The van der Waals surface area contributed by atoms with E-state index in [-0.39, 0.29) is 0 Å². The van der Waals surface area contributed by atoms with Crippen LogP contribution in [0.25, 0.3) is 5.82 Å². The summed E-state index contributed by atoms with van der Waals surface area (Å²) in [5.74, 6) is 0.862. The van der Waals surface area contributed by atoms with Gasteiger partial charge in [-0.1, -0.05) is 0 Å². The van der Waals surface area contributed by atoms with Crippen LogP contribution in [0.5, 0.6) is 0 Å². The number of aryl methyl sites for hydroxylation is 3. The van der Waals surface area contributed by atoms with E-state index in [4.69, 9.17) is 0 Å². The molecule has 0 aliphatic rings. The highest BCUT2D eigenvalue weighted by atomic mass is 79.9. The van der Waals surface area contributed by atoms with Crippen LogP contribution in [0.1, 0.15) is 17.1 Å². The van der Waals surface area contributed by atoms with Crippen molar-refractivity contribution in [2.75, 3.05) is 0 Å². The highest BCUT2D eigenvalue weighted by Gasteiger charge is 2.05. The van der Waals surface area contributed by atoms with Gasteiger partial charge in [-0.15, -0.1) is 0 Å². The fourth-order valence-corrected chi connectivity index (χ4v) is 1.73. The molecule has 78 valence electrons. The largest absolute Gasteiger partial charge is 0.233 e. The Balaban J connectivity index is 2.54. The zero-order valence-electron chi connectivity index (χ0n) is 8.95. The van der Waals surface area contributed by atoms with Gasteiger partial charge in [-0.3, -0.25) is 0 Å². The van der Waals surface area contributed by atoms with E-state index in [1.807, 2.05) is 43.7 Å². The molecule has 0 bridgehead atoms. The summed E-state index contributed by atoms with van der Waals surface area (Å²) >= 11 is 3.43. The zero-order chi connectivity index (χ0) is 11.0. The topological polar surface area (TPSA) is 30.7 Å². The van der Waals surface area contributed by atoms with Gasteiger partial charge in [0.25, 0.3) is 0 Å². The number of halogens is 1. The van der Waals surface area contributed by atoms with Gasteiger partial charge in [-0.25, -0.2) is 9.67 Å². The molecule has 0 saturated heterocycles. The summed E-state index contributed by atoms with van der Waals surface area (Å²) in [6, 6.07) is 5.99. The van der Waals surface area contributed by atoms with Gasteiger partial charge >= 0.3 is 0 Å². The minimum absolute atomic E-state index is 0.862. The summed E-state index contributed by atoms with van der Waals surface area (Å²) < 4.78 is 2.88. The Kier molecular flexibility index (Phi) is 2.61. The molecule has 0 spiro atoms. The van der Waals surface area contributed by atoms with E-state index in [1.54, 1.807) is 0 Å². The van der Waals surface area contributed by atoms with Crippen molar-refractivity contribution < 1.29 is 0 Å². The number of aromatic nitrogens is 3. The Bertz CT molecular complexity index is 503. The van der Waals surface area contributed by atoms with Crippen LogP contribution in [0, 0.1) is 20.8 Å². The molecular weight excluding hydrogens is 254 g/mol. The molecule has 0 radical (unpaired) electrons. The van der Waals surface area contributed by atoms with E-state index in [0.717, 1.165) is 27.4 Å². The lowest BCUT2D eigenvalue weighted by atomic mass is 10.3. The van der Waals surface area contributed by atoms with E-state index in [2.05, 4.69) is 26.0 Å². The van der Waals surface area contributed by atoms with Gasteiger partial charge in [-0.2, -0.15) is 5.10 Å². The molecule has 15 heavy (non-hydrogen) atoms. The van der Waals surface area contributed by atoms with Gasteiger partial charge in [-0.05, 0) is 54.9 Å². The average molecular weight is 266 g/mol. The van der Waals surface area contributed by atoms with Crippen molar-refractivity contribution in [1.29, 1.82) is 0 Å². The Hall–Kier alpha value is -1.16. The Labute approximate surface area is 97.3 Å². The van der Waals surface area contributed by atoms with Crippen LogP contribution >= 0.6 is 15.9 Å². The molecule has 2 aromatic heterocycles. The van der Waals surface area contributed by atoms with E-state index >= 15 is 0 Å². The maximum atomic E-state index is 4.47. The molecule has 2 heterocycles. The minimum atomic E-state index is 0.862. The monoisotopic (exact) mass is 265 g/mol. The van der Waals surface area contributed by atoms with Crippen molar-refractivity contribution in [2.24, 2.45) is 0 Å². The Morgan fingerprint density at radius 3 is 2.47 bits per heavy atom. The first-order valence-electron chi connectivity index (χ1n) is 4.75. The summed E-state index contributed by atoms with van der Waals surface area (Å²) in [4.78, 5) is 4.47. The quantitative estimate of drug-likeness (QED) is 0.794. The highest BCUT2D eigenvalue weighted by molar-refractivity contribution is 9.10. The third-order valence-corrected chi connectivity index (χ3v) is 3.07. The van der Waals surface area contributed by atoms with Gasteiger partial charge in [0.1, 0.15) is 0 Å². The van der Waals surface area contributed by atoms with Crippen molar-refractivity contribution in [3.8, 4) is 5.82 Å². The second-order valence-electron chi connectivity index (χ2n) is 3.58. The number of hydrogen-bond acceptors (Lipinski definition) is 2. The summed E-state index contributed by atoms with van der Waals surface area (Å²) in [5, 5.41) is 4.39. The molecule has 0 fully saturated rings. The van der Waals surface area contributed by atoms with Gasteiger partial charge < -0.3 is 0 Å². The summed E-state index contributed by atoms with van der Waals surface area (Å²) in [5.41, 5.74) is 3.08. The smallest absolute Gasteiger partial charge is 0.153 e. The first-order valence-corrected chi connectivity index (χ1v) is 5.54. The fourth-order valence-electron chi connectivity index (χ4n) is 1.51. The Morgan fingerprint density at radius 1 is 1.20 bits per heavy atom. The normalized spacial score (nSPS) is 10.7. The highest BCUT2D eigenvalue weighted by Crippen LogP contribution is 2.16. The van der Waals surface area contributed by atoms with E-state index < -0.39 is 0 Å².